The van der Waals surface area contributed by atoms with Crippen LogP contribution in [0.5, 0.6) is 0 Å². The zero-order chi connectivity index (χ0) is 44.3. The molecule has 27 heteroatoms. The molecule has 0 unspecified atom stereocenters. The van der Waals surface area contributed by atoms with Crippen molar-refractivity contribution in [3.8, 4) is 5.69 Å². The van der Waals surface area contributed by atoms with Gasteiger partial charge in [0.05, 0.1) is 33.9 Å². The van der Waals surface area contributed by atoms with Crippen molar-refractivity contribution >= 4 is 77.7 Å². The van der Waals surface area contributed by atoms with E-state index in [1.54, 1.807) is 6.26 Å². The Morgan fingerprint density at radius 1 is 1.07 bits per heavy atom. The molecule has 0 bridgehead atoms. The molecule has 324 valence electrons. The van der Waals surface area contributed by atoms with Crippen molar-refractivity contribution in [2.75, 3.05) is 17.2 Å². The summed E-state index contributed by atoms with van der Waals surface area (Å²) >= 11 is 8.31. The van der Waals surface area contributed by atoms with Gasteiger partial charge in [-0.1, -0.05) is 23.4 Å². The van der Waals surface area contributed by atoms with E-state index in [0.29, 0.717) is 21.6 Å². The van der Waals surface area contributed by atoms with Crippen molar-refractivity contribution in [3.63, 3.8) is 0 Å². The van der Waals surface area contributed by atoms with E-state index in [9.17, 15) is 53.1 Å². The van der Waals surface area contributed by atoms with E-state index in [1.165, 1.54) is 0 Å². The van der Waals surface area contributed by atoms with Gasteiger partial charge in [-0.15, -0.1) is 11.3 Å². The largest absolute Gasteiger partial charge is 0.435 e. The number of benzene rings is 2. The van der Waals surface area contributed by atoms with Crippen molar-refractivity contribution in [2.45, 2.75) is 60.5 Å². The Labute approximate surface area is 348 Å². The minimum absolute atomic E-state index is 0.193. The second-order valence-electron chi connectivity index (χ2n) is 14.2. The fourth-order valence-electron chi connectivity index (χ4n) is 7.54. The van der Waals surface area contributed by atoms with E-state index >= 15 is 8.78 Å². The maximum atomic E-state index is 15.4. The lowest BCUT2D eigenvalue weighted by Crippen LogP contribution is -2.38. The summed E-state index contributed by atoms with van der Waals surface area (Å²) in [5.74, 6) is -11.2. The highest BCUT2D eigenvalue weighted by Crippen LogP contribution is 2.68. The van der Waals surface area contributed by atoms with Gasteiger partial charge >= 0.3 is 12.4 Å². The number of anilines is 1. The molecule has 1 amide bonds. The first-order valence-electron chi connectivity index (χ1n) is 17.4. The minimum atomic E-state index is -5.18. The smallest absolute Gasteiger partial charge is 0.344 e. The van der Waals surface area contributed by atoms with Gasteiger partial charge in [0.25, 0.3) is 11.5 Å². The van der Waals surface area contributed by atoms with Gasteiger partial charge in [0.15, 0.2) is 21.5 Å². The molecule has 0 saturated heterocycles. The Kier molecular flexibility index (Phi) is 10.2. The van der Waals surface area contributed by atoms with Crippen LogP contribution < -0.4 is 15.6 Å². The number of rotatable bonds is 11. The van der Waals surface area contributed by atoms with Crippen LogP contribution in [0.25, 0.3) is 26.9 Å². The Morgan fingerprint density at radius 2 is 1.75 bits per heavy atom. The molecule has 2 N–H and O–H groups in total. The highest BCUT2D eigenvalue weighted by Gasteiger charge is 2.68. The second kappa shape index (κ2) is 14.6. The Hall–Kier alpha value is -4.95. The molecule has 6 aromatic rings. The number of nitrogens with zero attached hydrogens (tertiary/aromatic N) is 7. The Morgan fingerprint density at radius 3 is 2.38 bits per heavy atom. The standard InChI is InChI=1S/C34H24ClF10N9O4S3/c1-59-31-48-28-24(60-31)30(56)54(19-4-3-17(35)22-23(19)53(11-32(38,39)40)50-27(22)51-61(2,57)58)29(47-28)18(7-12-5-13(36)8-14(37)6-12)46-20(55)10-52-26-21(25(49-52)34(43,44)45)15-9-16(15)33(26,41)42/h3-6,8,15-16,18H,7,9-11H2,1-2H3,(H,46,55)(H,50,51)/t15-,16+,18-/m0/s1. The Balaban J connectivity index is 1.35. The van der Waals surface area contributed by atoms with Crippen LogP contribution in [0.3, 0.4) is 0 Å². The highest BCUT2D eigenvalue weighted by molar-refractivity contribution is 8.00. The van der Waals surface area contributed by atoms with Crippen LogP contribution >= 0.6 is 34.7 Å². The first-order valence-corrected chi connectivity index (χ1v) is 21.7. The molecule has 1 saturated carbocycles. The summed E-state index contributed by atoms with van der Waals surface area (Å²) < 4.78 is 172. The number of carbonyl (C=O) groups excluding carboxylic acids is 1. The molecule has 2 aliphatic rings. The number of alkyl halides is 8. The lowest BCUT2D eigenvalue weighted by atomic mass is 10.0. The molecule has 0 aliphatic heterocycles. The summed E-state index contributed by atoms with van der Waals surface area (Å²) in [5, 5.41) is 8.77. The molecule has 1 fully saturated rings. The zero-order valence-electron chi connectivity index (χ0n) is 30.6. The van der Waals surface area contributed by atoms with Crippen molar-refractivity contribution in [2.24, 2.45) is 5.92 Å². The maximum absolute atomic E-state index is 15.4. The summed E-state index contributed by atoms with van der Waals surface area (Å²) in [4.78, 5) is 37.4. The number of thioether (sulfide) groups is 1. The number of nitrogens with one attached hydrogen (secondary N) is 2. The number of hydrogen-bond donors (Lipinski definition) is 2. The number of fused-ring (bicyclic) bond motifs is 5. The van der Waals surface area contributed by atoms with Crippen molar-refractivity contribution in [1.82, 2.24) is 39.4 Å². The van der Waals surface area contributed by atoms with Crippen molar-refractivity contribution in [3.05, 3.63) is 85.7 Å². The molecular formula is C34H24ClF10N9O4S3. The molecule has 61 heavy (non-hydrogen) atoms. The van der Waals surface area contributed by atoms with Gasteiger partial charge in [-0.2, -0.15) is 45.3 Å². The quantitative estimate of drug-likeness (QED) is 0.100. The third-order valence-electron chi connectivity index (χ3n) is 9.79. The number of hydrogen-bond acceptors (Lipinski definition) is 10. The number of carbonyl (C=O) groups is 1. The summed E-state index contributed by atoms with van der Waals surface area (Å²) in [6.07, 6.45) is -8.85. The second-order valence-corrected chi connectivity index (χ2v) is 18.4. The highest BCUT2D eigenvalue weighted by atomic mass is 35.5. The van der Waals surface area contributed by atoms with Gasteiger partial charge in [0, 0.05) is 24.0 Å². The minimum Gasteiger partial charge on any atom is -0.344 e. The van der Waals surface area contributed by atoms with E-state index in [1.807, 2.05) is 4.72 Å². The first kappa shape index (κ1) is 42.7. The van der Waals surface area contributed by atoms with Gasteiger partial charge in [0.1, 0.15) is 40.9 Å². The predicted octanol–water partition coefficient (Wildman–Crippen LogP) is 7.30. The van der Waals surface area contributed by atoms with Crippen LogP contribution in [-0.2, 0) is 46.4 Å². The van der Waals surface area contributed by atoms with Crippen molar-refractivity contribution < 1.29 is 57.1 Å². The number of aromatic nitrogens is 7. The van der Waals surface area contributed by atoms with E-state index in [-0.39, 0.29) is 36.4 Å². The van der Waals surface area contributed by atoms with Crippen LogP contribution in [-0.4, -0.2) is 67.1 Å². The number of halogens is 11. The van der Waals surface area contributed by atoms with Gasteiger partial charge in [-0.05, 0) is 48.4 Å². The lowest BCUT2D eigenvalue weighted by Gasteiger charge is -2.23. The number of thiazole rings is 1. The summed E-state index contributed by atoms with van der Waals surface area (Å²) in [7, 11) is -4.23. The van der Waals surface area contributed by atoms with Gasteiger partial charge in [-0.3, -0.25) is 28.2 Å². The molecular weight excluding hydrogens is 920 g/mol. The molecule has 2 aliphatic carbocycles. The predicted molar refractivity (Wildman–Crippen MR) is 201 cm³/mol. The molecule has 3 atom stereocenters. The fourth-order valence-corrected chi connectivity index (χ4v) is 9.71. The number of sulfonamides is 1. The third kappa shape index (κ3) is 7.90. The monoisotopic (exact) mass is 943 g/mol. The Bertz CT molecular complexity index is 2960. The number of amides is 1. The maximum Gasteiger partial charge on any atom is 0.435 e. The van der Waals surface area contributed by atoms with Gasteiger partial charge in [-0.25, -0.2) is 27.2 Å². The normalized spacial score (nSPS) is 17.8. The first-order chi connectivity index (χ1) is 28.3. The third-order valence-corrected chi connectivity index (χ3v) is 12.7. The topological polar surface area (TPSA) is 159 Å². The average molecular weight is 944 g/mol. The van der Waals surface area contributed by atoms with Crippen LogP contribution in [0, 0.1) is 17.6 Å². The van der Waals surface area contributed by atoms with E-state index in [0.717, 1.165) is 47.4 Å². The lowest BCUT2D eigenvalue weighted by molar-refractivity contribution is -0.142. The summed E-state index contributed by atoms with van der Waals surface area (Å²) in [5.41, 5.74) is -6.09. The van der Waals surface area contributed by atoms with E-state index < -0.39 is 134 Å². The summed E-state index contributed by atoms with van der Waals surface area (Å²) in [6, 6.07) is 2.49. The SMILES string of the molecule is CSc1nc2nc([C@H](Cc3cc(F)cc(F)c3)NC(=O)Cn3nc(C(F)(F)F)c4c3C(F)(F)[C@@H]3C[C@H]43)n(-c3ccc(Cl)c4c(NS(C)(=O)=O)nn(CC(F)(F)F)c34)c(=O)c2s1. The van der Waals surface area contributed by atoms with E-state index in [4.69, 9.17) is 11.6 Å². The molecule has 0 radical (unpaired) electrons. The van der Waals surface area contributed by atoms with Gasteiger partial charge in [0.2, 0.25) is 15.9 Å². The molecule has 8 rings (SSSR count). The molecule has 0 spiro atoms. The fraction of sp³-hybridized carbons (Fsp3) is 0.353. The zero-order valence-corrected chi connectivity index (χ0v) is 33.8. The van der Waals surface area contributed by atoms with Crippen molar-refractivity contribution in [1.29, 1.82) is 0 Å². The molecule has 13 nitrogen and oxygen atoms in total. The van der Waals surface area contributed by atoms with Crippen LogP contribution in [0.15, 0.2) is 39.5 Å². The van der Waals surface area contributed by atoms with Gasteiger partial charge < -0.3 is 5.32 Å². The van der Waals surface area contributed by atoms with Crippen LogP contribution in [0.1, 0.15) is 46.7 Å². The average Bonchev–Trinajstić information content (AvgIpc) is 3.36. The molecule has 4 heterocycles. The summed E-state index contributed by atoms with van der Waals surface area (Å²) in [6.45, 7) is -3.15. The molecule has 2 aromatic carbocycles. The van der Waals surface area contributed by atoms with Crippen LogP contribution in [0.4, 0.5) is 49.7 Å². The van der Waals surface area contributed by atoms with E-state index in [2.05, 4.69) is 25.5 Å². The molecule has 4 aromatic heterocycles. The van der Waals surface area contributed by atoms with Crippen LogP contribution in [0.2, 0.25) is 5.02 Å².